The zero-order valence-corrected chi connectivity index (χ0v) is 18.3. The highest BCUT2D eigenvalue weighted by molar-refractivity contribution is 5.90. The molecule has 2 aliphatic heterocycles. The number of hydrogen-bond donors (Lipinski definition) is 1. The van der Waals surface area contributed by atoms with Crippen LogP contribution in [0.5, 0.6) is 17.2 Å². The molecular formula is C24H20N8O2. The molecule has 4 aromatic heterocycles. The number of nitrogens with zero attached hydrogens (tertiary/aromatic N) is 7. The van der Waals surface area contributed by atoms with Crippen LogP contribution in [0.4, 0.5) is 17.3 Å². The van der Waals surface area contributed by atoms with E-state index in [0.29, 0.717) is 24.2 Å². The van der Waals surface area contributed by atoms with E-state index in [-0.39, 0.29) is 0 Å². The molecule has 7 rings (SSSR count). The first-order chi connectivity index (χ1) is 16.7. The number of aromatic nitrogens is 6. The average molecular weight is 452 g/mol. The Bertz CT molecular complexity index is 1570. The first kappa shape index (κ1) is 19.0. The molecule has 0 aliphatic carbocycles. The van der Waals surface area contributed by atoms with Gasteiger partial charge in [0, 0.05) is 30.6 Å². The molecule has 0 saturated carbocycles. The van der Waals surface area contributed by atoms with E-state index in [2.05, 4.69) is 30.3 Å². The normalized spacial score (nSPS) is 16.5. The number of pyridine rings is 2. The van der Waals surface area contributed by atoms with Gasteiger partial charge in [-0.25, -0.2) is 24.5 Å². The Morgan fingerprint density at radius 1 is 1.09 bits per heavy atom. The molecule has 10 heteroatoms. The van der Waals surface area contributed by atoms with Crippen molar-refractivity contribution in [2.24, 2.45) is 0 Å². The number of ether oxygens (including phenoxy) is 2. The maximum absolute atomic E-state index is 6.09. The molecule has 6 heterocycles. The number of benzene rings is 1. The van der Waals surface area contributed by atoms with Crippen LogP contribution in [0.1, 0.15) is 12.0 Å². The smallest absolute Gasteiger partial charge is 0.172 e. The molecule has 2 aliphatic rings. The van der Waals surface area contributed by atoms with Crippen LogP contribution in [0, 0.1) is 6.92 Å². The van der Waals surface area contributed by atoms with Crippen molar-refractivity contribution in [1.82, 2.24) is 29.5 Å². The summed E-state index contributed by atoms with van der Waals surface area (Å²) >= 11 is 0. The minimum Gasteiger partial charge on any atom is -0.487 e. The van der Waals surface area contributed by atoms with Gasteiger partial charge in [0.1, 0.15) is 36.3 Å². The van der Waals surface area contributed by atoms with Crippen LogP contribution < -0.4 is 19.7 Å². The molecule has 0 unspecified atom stereocenters. The van der Waals surface area contributed by atoms with E-state index in [1.54, 1.807) is 10.8 Å². The van der Waals surface area contributed by atoms with Crippen LogP contribution in [0.25, 0.3) is 16.7 Å². The van der Waals surface area contributed by atoms with Crippen LogP contribution in [0.15, 0.2) is 55.2 Å². The van der Waals surface area contributed by atoms with Gasteiger partial charge in [-0.2, -0.15) is 5.10 Å². The van der Waals surface area contributed by atoms with Crippen molar-refractivity contribution in [3.05, 3.63) is 60.8 Å². The van der Waals surface area contributed by atoms with Crippen LogP contribution in [-0.2, 0) is 0 Å². The topological polar surface area (TPSA) is 103 Å². The molecule has 1 saturated heterocycles. The number of hydrogen-bond acceptors (Lipinski definition) is 9. The van der Waals surface area contributed by atoms with Gasteiger partial charge in [-0.3, -0.25) is 0 Å². The van der Waals surface area contributed by atoms with Gasteiger partial charge in [-0.05, 0) is 43.2 Å². The number of fused-ring (bicyclic) bond motifs is 5. The summed E-state index contributed by atoms with van der Waals surface area (Å²) in [5.41, 5.74) is 4.06. The molecule has 34 heavy (non-hydrogen) atoms. The van der Waals surface area contributed by atoms with Crippen LogP contribution in [0.2, 0.25) is 0 Å². The second-order valence-corrected chi connectivity index (χ2v) is 8.48. The van der Waals surface area contributed by atoms with Crippen molar-refractivity contribution in [1.29, 1.82) is 0 Å². The summed E-state index contributed by atoms with van der Waals surface area (Å²) in [4.78, 5) is 20.3. The summed E-state index contributed by atoms with van der Waals surface area (Å²) in [6.07, 6.45) is 6.01. The molecule has 0 spiro atoms. The summed E-state index contributed by atoms with van der Waals surface area (Å²) in [5, 5.41) is 7.51. The van der Waals surface area contributed by atoms with Crippen molar-refractivity contribution in [2.45, 2.75) is 19.4 Å². The van der Waals surface area contributed by atoms with Gasteiger partial charge < -0.3 is 19.7 Å². The lowest BCUT2D eigenvalue weighted by atomic mass is 10.0. The Morgan fingerprint density at radius 3 is 2.94 bits per heavy atom. The molecule has 1 aromatic carbocycles. The van der Waals surface area contributed by atoms with Crippen LogP contribution in [-0.4, -0.2) is 48.7 Å². The van der Waals surface area contributed by atoms with E-state index in [1.165, 1.54) is 6.33 Å². The Kier molecular flexibility index (Phi) is 4.07. The van der Waals surface area contributed by atoms with Crippen LogP contribution >= 0.6 is 0 Å². The molecule has 1 fully saturated rings. The Labute approximate surface area is 194 Å². The summed E-state index contributed by atoms with van der Waals surface area (Å²) in [6.45, 7) is 3.71. The Balaban J connectivity index is 1.18. The van der Waals surface area contributed by atoms with Crippen molar-refractivity contribution in [3.63, 3.8) is 0 Å². The predicted molar refractivity (Wildman–Crippen MR) is 126 cm³/mol. The molecule has 1 atom stereocenters. The largest absolute Gasteiger partial charge is 0.487 e. The van der Waals surface area contributed by atoms with Gasteiger partial charge >= 0.3 is 0 Å². The van der Waals surface area contributed by atoms with Crippen molar-refractivity contribution in [2.75, 3.05) is 23.4 Å². The maximum Gasteiger partial charge on any atom is 0.172 e. The molecule has 1 N–H and O–H groups in total. The number of nitrogens with one attached hydrogen (secondary N) is 1. The third-order valence-electron chi connectivity index (χ3n) is 6.32. The number of aryl methyl sites for hydroxylation is 1. The van der Waals surface area contributed by atoms with E-state index in [4.69, 9.17) is 14.5 Å². The molecule has 10 nitrogen and oxygen atoms in total. The second kappa shape index (κ2) is 7.27. The van der Waals surface area contributed by atoms with E-state index in [9.17, 15) is 0 Å². The highest BCUT2D eigenvalue weighted by Crippen LogP contribution is 2.40. The van der Waals surface area contributed by atoms with E-state index >= 15 is 0 Å². The molecule has 0 amide bonds. The second-order valence-electron chi connectivity index (χ2n) is 8.48. The lowest BCUT2D eigenvalue weighted by Crippen LogP contribution is -2.53. The van der Waals surface area contributed by atoms with Crippen molar-refractivity contribution in [3.8, 4) is 17.2 Å². The van der Waals surface area contributed by atoms with E-state index in [1.807, 2.05) is 49.5 Å². The highest BCUT2D eigenvalue weighted by atomic mass is 16.5. The zero-order valence-electron chi connectivity index (χ0n) is 18.3. The summed E-state index contributed by atoms with van der Waals surface area (Å²) < 4.78 is 13.7. The van der Waals surface area contributed by atoms with Gasteiger partial charge in [0.05, 0.1) is 11.6 Å². The summed E-state index contributed by atoms with van der Waals surface area (Å²) in [7, 11) is 0. The van der Waals surface area contributed by atoms with Gasteiger partial charge in [-0.1, -0.05) is 0 Å². The summed E-state index contributed by atoms with van der Waals surface area (Å²) in [5.74, 6) is 3.77. The fraction of sp³-hybridized carbons (Fsp3) is 0.208. The molecular weight excluding hydrogens is 432 g/mol. The van der Waals surface area contributed by atoms with Gasteiger partial charge in [0.25, 0.3) is 0 Å². The minimum absolute atomic E-state index is 0.416. The van der Waals surface area contributed by atoms with Crippen LogP contribution in [0.3, 0.4) is 0 Å². The Morgan fingerprint density at radius 2 is 2.06 bits per heavy atom. The third kappa shape index (κ3) is 3.06. The number of anilines is 3. The van der Waals surface area contributed by atoms with E-state index in [0.717, 1.165) is 58.2 Å². The lowest BCUT2D eigenvalue weighted by molar-refractivity contribution is 0.221. The standard InChI is InChI=1S/C24H20N8O2/c1-14-8-15(2-3-19(14)34-17-5-7-32-21(9-17)26-13-28-32)29-23-22-18(25-12-27-23)10-20-24(30-22)31-6-4-16(31)11-33-20/h2-3,5,7-10,12-13,16H,4,6,11H2,1H3,(H,25,27,29)/t16-/m0/s1. The minimum atomic E-state index is 0.416. The van der Waals surface area contributed by atoms with Gasteiger partial charge in [0.2, 0.25) is 0 Å². The number of rotatable bonds is 4. The molecule has 5 aromatic rings. The average Bonchev–Trinajstić information content (AvgIpc) is 3.28. The third-order valence-corrected chi connectivity index (χ3v) is 6.32. The van der Waals surface area contributed by atoms with Gasteiger partial charge in [-0.15, -0.1) is 0 Å². The predicted octanol–water partition coefficient (Wildman–Crippen LogP) is 3.88. The zero-order chi connectivity index (χ0) is 22.6. The van der Waals surface area contributed by atoms with Crippen molar-refractivity contribution < 1.29 is 9.47 Å². The molecule has 168 valence electrons. The lowest BCUT2D eigenvalue weighted by Gasteiger charge is -2.45. The van der Waals surface area contributed by atoms with Gasteiger partial charge in [0.15, 0.2) is 23.0 Å². The highest BCUT2D eigenvalue weighted by Gasteiger charge is 2.36. The monoisotopic (exact) mass is 452 g/mol. The molecule has 0 radical (unpaired) electrons. The van der Waals surface area contributed by atoms with Crippen molar-refractivity contribution >= 4 is 34.0 Å². The fourth-order valence-corrected chi connectivity index (χ4v) is 4.41. The first-order valence-electron chi connectivity index (χ1n) is 11.1. The molecule has 0 bridgehead atoms. The van der Waals surface area contributed by atoms with E-state index < -0.39 is 0 Å². The summed E-state index contributed by atoms with van der Waals surface area (Å²) in [6, 6.07) is 12.0. The first-order valence-corrected chi connectivity index (χ1v) is 11.1. The SMILES string of the molecule is Cc1cc(Nc2ncnc3cc4c(nc23)N2CC[C@H]2CO4)ccc1Oc1ccn2ncnc2c1. The quantitative estimate of drug-likeness (QED) is 0.435. The fourth-order valence-electron chi connectivity index (χ4n) is 4.41. The Hall–Kier alpha value is -4.47. The maximum atomic E-state index is 6.09.